The van der Waals surface area contributed by atoms with E-state index in [2.05, 4.69) is 48.3 Å². The highest BCUT2D eigenvalue weighted by molar-refractivity contribution is 5.77. The molecule has 0 fully saturated rings. The zero-order valence-electron chi connectivity index (χ0n) is 17.2. The molecule has 5 heteroatoms. The maximum absolute atomic E-state index is 12.2. The van der Waals surface area contributed by atoms with Crippen LogP contribution in [-0.2, 0) is 22.6 Å². The number of methoxy groups -OCH3 is 1. The van der Waals surface area contributed by atoms with Crippen LogP contribution in [0.5, 0.6) is 5.75 Å². The molecule has 0 saturated heterocycles. The van der Waals surface area contributed by atoms with Crippen LogP contribution in [-0.4, -0.2) is 50.2 Å². The molecule has 0 saturated carbocycles. The lowest BCUT2D eigenvalue weighted by Gasteiger charge is -2.30. The lowest BCUT2D eigenvalue weighted by Crippen LogP contribution is -2.45. The predicted molar refractivity (Wildman–Crippen MR) is 113 cm³/mol. The van der Waals surface area contributed by atoms with Gasteiger partial charge in [0.1, 0.15) is 12.4 Å². The summed E-state index contributed by atoms with van der Waals surface area (Å²) >= 11 is 0. The van der Waals surface area contributed by atoms with Crippen molar-refractivity contribution in [3.05, 3.63) is 65.7 Å². The number of likely N-dealkylation sites (N-methyl/N-ethyl adjacent to an activating group) is 1. The van der Waals surface area contributed by atoms with E-state index in [1.54, 1.807) is 7.11 Å². The summed E-state index contributed by atoms with van der Waals surface area (Å²) in [5.41, 5.74) is 2.26. The maximum atomic E-state index is 12.2. The first-order valence-electron chi connectivity index (χ1n) is 9.91. The third-order valence-electron chi connectivity index (χ3n) is 4.81. The average molecular weight is 385 g/mol. The SMILES string of the molecule is CCN(CC)C(CNC(=O)COCc1cccc(OC)c1)Cc1ccccc1. The number of nitrogens with one attached hydrogen (secondary N) is 1. The first kappa shape index (κ1) is 21.9. The Kier molecular flexibility index (Phi) is 9.52. The van der Waals surface area contributed by atoms with E-state index in [1.807, 2.05) is 30.3 Å². The fourth-order valence-electron chi connectivity index (χ4n) is 3.26. The third-order valence-corrected chi connectivity index (χ3v) is 4.81. The quantitative estimate of drug-likeness (QED) is 0.610. The maximum Gasteiger partial charge on any atom is 0.246 e. The van der Waals surface area contributed by atoms with Crippen LogP contribution < -0.4 is 10.1 Å². The molecule has 0 heterocycles. The fraction of sp³-hybridized carbons (Fsp3) is 0.435. The molecule has 0 aliphatic rings. The number of amides is 1. The summed E-state index contributed by atoms with van der Waals surface area (Å²) in [6, 6.07) is 18.3. The largest absolute Gasteiger partial charge is 0.497 e. The molecule has 0 bridgehead atoms. The van der Waals surface area contributed by atoms with Gasteiger partial charge in [0.2, 0.25) is 5.91 Å². The summed E-state index contributed by atoms with van der Waals surface area (Å²) in [4.78, 5) is 14.6. The van der Waals surface area contributed by atoms with Gasteiger partial charge in [-0.2, -0.15) is 0 Å². The fourth-order valence-corrected chi connectivity index (χ4v) is 3.26. The van der Waals surface area contributed by atoms with Gasteiger partial charge in [-0.25, -0.2) is 0 Å². The van der Waals surface area contributed by atoms with E-state index in [-0.39, 0.29) is 18.6 Å². The van der Waals surface area contributed by atoms with Gasteiger partial charge in [0.05, 0.1) is 13.7 Å². The number of carbonyl (C=O) groups excluding carboxylic acids is 1. The topological polar surface area (TPSA) is 50.8 Å². The second-order valence-corrected chi connectivity index (χ2v) is 6.71. The summed E-state index contributed by atoms with van der Waals surface area (Å²) in [7, 11) is 1.63. The molecule has 2 aromatic rings. The predicted octanol–water partition coefficient (Wildman–Crippen LogP) is 3.28. The van der Waals surface area contributed by atoms with Crippen LogP contribution >= 0.6 is 0 Å². The Labute approximate surface area is 168 Å². The Morgan fingerprint density at radius 2 is 1.75 bits per heavy atom. The van der Waals surface area contributed by atoms with Gasteiger partial charge in [0.15, 0.2) is 0 Å². The minimum Gasteiger partial charge on any atom is -0.497 e. The highest BCUT2D eigenvalue weighted by atomic mass is 16.5. The second-order valence-electron chi connectivity index (χ2n) is 6.71. The molecule has 0 aliphatic carbocycles. The van der Waals surface area contributed by atoms with E-state index in [9.17, 15) is 4.79 Å². The molecule has 0 radical (unpaired) electrons. The molecule has 1 amide bonds. The van der Waals surface area contributed by atoms with Crippen molar-refractivity contribution in [2.75, 3.05) is 33.4 Å². The number of carbonyl (C=O) groups is 1. The van der Waals surface area contributed by atoms with Crippen molar-refractivity contribution in [2.45, 2.75) is 32.9 Å². The van der Waals surface area contributed by atoms with Crippen molar-refractivity contribution in [3.8, 4) is 5.75 Å². The molecule has 1 atom stereocenters. The summed E-state index contributed by atoms with van der Waals surface area (Å²) in [5.74, 6) is 0.696. The molecule has 0 aromatic heterocycles. The number of rotatable bonds is 12. The average Bonchev–Trinajstić information content (AvgIpc) is 2.73. The third kappa shape index (κ3) is 7.33. The van der Waals surface area contributed by atoms with Gasteiger partial charge in [0.25, 0.3) is 0 Å². The number of hydrogen-bond acceptors (Lipinski definition) is 4. The zero-order valence-corrected chi connectivity index (χ0v) is 17.2. The molecular weight excluding hydrogens is 352 g/mol. The van der Waals surface area contributed by atoms with Gasteiger partial charge in [0, 0.05) is 12.6 Å². The summed E-state index contributed by atoms with van der Waals surface area (Å²) in [6.07, 6.45) is 0.910. The Bertz CT molecular complexity index is 702. The molecule has 0 spiro atoms. The highest BCUT2D eigenvalue weighted by Gasteiger charge is 2.17. The van der Waals surface area contributed by atoms with Crippen molar-refractivity contribution < 1.29 is 14.3 Å². The van der Waals surface area contributed by atoms with Crippen LogP contribution in [0.15, 0.2) is 54.6 Å². The number of benzene rings is 2. The Balaban J connectivity index is 1.81. The number of ether oxygens (including phenoxy) is 2. The molecule has 5 nitrogen and oxygen atoms in total. The van der Waals surface area contributed by atoms with Crippen molar-refractivity contribution in [3.63, 3.8) is 0 Å². The smallest absolute Gasteiger partial charge is 0.246 e. The summed E-state index contributed by atoms with van der Waals surface area (Å²) in [5, 5.41) is 3.03. The van der Waals surface area contributed by atoms with Gasteiger partial charge in [-0.05, 0) is 42.8 Å². The first-order chi connectivity index (χ1) is 13.7. The lowest BCUT2D eigenvalue weighted by atomic mass is 10.0. The first-order valence-corrected chi connectivity index (χ1v) is 9.91. The minimum absolute atomic E-state index is 0.0491. The zero-order chi connectivity index (χ0) is 20.2. The minimum atomic E-state index is -0.0897. The van der Waals surface area contributed by atoms with E-state index in [4.69, 9.17) is 9.47 Å². The van der Waals surface area contributed by atoms with Crippen molar-refractivity contribution >= 4 is 5.91 Å². The molecule has 28 heavy (non-hydrogen) atoms. The van der Waals surface area contributed by atoms with E-state index in [0.29, 0.717) is 13.2 Å². The molecule has 1 unspecified atom stereocenters. The van der Waals surface area contributed by atoms with E-state index in [0.717, 1.165) is 30.8 Å². The molecule has 2 aromatic carbocycles. The van der Waals surface area contributed by atoms with E-state index >= 15 is 0 Å². The standard InChI is InChI=1S/C23H32N2O3/c1-4-25(5-2)21(14-19-10-7-6-8-11-19)16-24-23(26)18-28-17-20-12-9-13-22(15-20)27-3/h6-13,15,21H,4-5,14,16-18H2,1-3H3,(H,24,26). The van der Waals surface area contributed by atoms with Crippen LogP contribution in [0.4, 0.5) is 0 Å². The van der Waals surface area contributed by atoms with Crippen LogP contribution in [0.1, 0.15) is 25.0 Å². The number of hydrogen-bond donors (Lipinski definition) is 1. The lowest BCUT2D eigenvalue weighted by molar-refractivity contribution is -0.126. The van der Waals surface area contributed by atoms with Crippen LogP contribution in [0.25, 0.3) is 0 Å². The van der Waals surface area contributed by atoms with Crippen molar-refractivity contribution in [2.24, 2.45) is 0 Å². The van der Waals surface area contributed by atoms with Gasteiger partial charge < -0.3 is 14.8 Å². The van der Waals surface area contributed by atoms with Gasteiger partial charge in [-0.3, -0.25) is 9.69 Å². The molecule has 0 aliphatic heterocycles. The van der Waals surface area contributed by atoms with Crippen LogP contribution in [0.3, 0.4) is 0 Å². The van der Waals surface area contributed by atoms with Gasteiger partial charge in [-0.15, -0.1) is 0 Å². The van der Waals surface area contributed by atoms with Gasteiger partial charge in [-0.1, -0.05) is 56.3 Å². The number of nitrogens with zero attached hydrogens (tertiary/aromatic N) is 1. The van der Waals surface area contributed by atoms with E-state index in [1.165, 1.54) is 5.56 Å². The summed E-state index contributed by atoms with van der Waals surface area (Å²) in [6.45, 7) is 7.26. The Morgan fingerprint density at radius 3 is 2.43 bits per heavy atom. The second kappa shape index (κ2) is 12.2. The van der Waals surface area contributed by atoms with Gasteiger partial charge >= 0.3 is 0 Å². The van der Waals surface area contributed by atoms with Crippen molar-refractivity contribution in [1.29, 1.82) is 0 Å². The highest BCUT2D eigenvalue weighted by Crippen LogP contribution is 2.13. The van der Waals surface area contributed by atoms with Crippen LogP contribution in [0.2, 0.25) is 0 Å². The van der Waals surface area contributed by atoms with Crippen LogP contribution in [0, 0.1) is 0 Å². The summed E-state index contributed by atoms with van der Waals surface area (Å²) < 4.78 is 10.8. The molecule has 152 valence electrons. The Morgan fingerprint density at radius 1 is 1.04 bits per heavy atom. The monoisotopic (exact) mass is 384 g/mol. The molecule has 2 rings (SSSR count). The van der Waals surface area contributed by atoms with Crippen molar-refractivity contribution in [1.82, 2.24) is 10.2 Å². The molecule has 1 N–H and O–H groups in total. The van der Waals surface area contributed by atoms with E-state index < -0.39 is 0 Å². The molecular formula is C23H32N2O3. The normalized spacial score (nSPS) is 12.0. The Hall–Kier alpha value is -2.37.